The van der Waals surface area contributed by atoms with E-state index in [9.17, 15) is 26.7 Å². The highest BCUT2D eigenvalue weighted by molar-refractivity contribution is 7.92. The number of rotatable bonds is 9. The maximum atomic E-state index is 14.3. The number of carbonyl (C=O) groups is 1. The normalized spacial score (nSPS) is 21.2. The Morgan fingerprint density at radius 1 is 1.07 bits per heavy atom. The molecule has 0 unspecified atom stereocenters. The maximum absolute atomic E-state index is 14.3. The summed E-state index contributed by atoms with van der Waals surface area (Å²) in [6.07, 6.45) is 1.35. The van der Waals surface area contributed by atoms with Crippen molar-refractivity contribution in [3.8, 4) is 5.75 Å². The number of amides is 1. The molecular weight excluding hydrogens is 651 g/mol. The van der Waals surface area contributed by atoms with Crippen molar-refractivity contribution >= 4 is 43.0 Å². The van der Waals surface area contributed by atoms with Gasteiger partial charge in [-0.1, -0.05) is 31.2 Å². The molecule has 46 heavy (non-hydrogen) atoms. The van der Waals surface area contributed by atoms with Gasteiger partial charge in [0.2, 0.25) is 0 Å². The summed E-state index contributed by atoms with van der Waals surface area (Å²) < 4.78 is 69.2. The minimum Gasteiger partial charge on any atom is -0.490 e. The van der Waals surface area contributed by atoms with Crippen LogP contribution in [-0.2, 0) is 24.8 Å². The number of nitrogens with one attached hydrogen (secondary N) is 1. The lowest BCUT2D eigenvalue weighted by molar-refractivity contribution is -0.00832. The van der Waals surface area contributed by atoms with Gasteiger partial charge < -0.3 is 19.5 Å². The molecule has 0 spiro atoms. The van der Waals surface area contributed by atoms with Crippen molar-refractivity contribution in [2.45, 2.75) is 67.4 Å². The van der Waals surface area contributed by atoms with Gasteiger partial charge in [0.05, 0.1) is 35.3 Å². The summed E-state index contributed by atoms with van der Waals surface area (Å²) in [5.41, 5.74) is 0.319. The summed E-state index contributed by atoms with van der Waals surface area (Å²) in [6.45, 7) is 5.77. The molecule has 2 aromatic carbocycles. The van der Waals surface area contributed by atoms with Gasteiger partial charge in [-0.05, 0) is 74.9 Å². The number of nitrogens with zero attached hydrogens (tertiary/aromatic N) is 2. The van der Waals surface area contributed by atoms with Crippen LogP contribution in [-0.4, -0.2) is 88.7 Å². The number of hydrogen-bond acceptors (Lipinski definition) is 9. The second-order valence-corrected chi connectivity index (χ2v) is 16.5. The van der Waals surface area contributed by atoms with Crippen LogP contribution in [0.1, 0.15) is 50.4 Å². The number of benzene rings is 2. The Bertz CT molecular complexity index is 1650. The van der Waals surface area contributed by atoms with Gasteiger partial charge >= 0.3 is 0 Å². The molecule has 1 aliphatic rings. The Morgan fingerprint density at radius 2 is 1.80 bits per heavy atom. The van der Waals surface area contributed by atoms with Crippen LogP contribution in [0.5, 0.6) is 5.75 Å². The number of ether oxygens (including phenoxy) is 2. The molecule has 0 aliphatic carbocycles. The smallest absolute Gasteiger partial charge is 0.261 e. The number of aliphatic hydroxyl groups excluding tert-OH is 1. The van der Waals surface area contributed by atoms with Crippen molar-refractivity contribution in [1.29, 1.82) is 0 Å². The summed E-state index contributed by atoms with van der Waals surface area (Å²) in [5, 5.41) is 11.9. The van der Waals surface area contributed by atoms with E-state index in [0.717, 1.165) is 24.2 Å². The summed E-state index contributed by atoms with van der Waals surface area (Å²) in [4.78, 5) is 15.9. The molecule has 1 aromatic heterocycles. The highest BCUT2D eigenvalue weighted by Crippen LogP contribution is 2.30. The van der Waals surface area contributed by atoms with Crippen molar-refractivity contribution in [3.63, 3.8) is 0 Å². The Morgan fingerprint density at radius 3 is 2.48 bits per heavy atom. The summed E-state index contributed by atoms with van der Waals surface area (Å²) in [5.74, 6) is -0.508. The van der Waals surface area contributed by atoms with Crippen LogP contribution in [0.25, 0.3) is 0 Å². The van der Waals surface area contributed by atoms with E-state index in [1.807, 2.05) is 13.8 Å². The van der Waals surface area contributed by atoms with Crippen LogP contribution >= 0.6 is 11.3 Å². The molecule has 0 saturated carbocycles. The fraction of sp³-hybridized carbons (Fsp3) is 0.469. The number of aliphatic hydroxyl groups is 1. The van der Waals surface area contributed by atoms with E-state index >= 15 is 0 Å². The van der Waals surface area contributed by atoms with Gasteiger partial charge in [0, 0.05) is 38.3 Å². The first kappa shape index (κ1) is 35.8. The van der Waals surface area contributed by atoms with Crippen molar-refractivity contribution in [3.05, 3.63) is 71.6 Å². The molecule has 4 rings (SSSR count). The summed E-state index contributed by atoms with van der Waals surface area (Å²) in [7, 11) is -6.15. The Labute approximate surface area is 276 Å². The second kappa shape index (κ2) is 15.7. The van der Waals surface area contributed by atoms with E-state index in [1.54, 1.807) is 54.8 Å². The highest BCUT2D eigenvalue weighted by Gasteiger charge is 2.33. The third-order valence-electron chi connectivity index (χ3n) is 7.95. The highest BCUT2D eigenvalue weighted by atomic mass is 32.2. The molecule has 2 N–H and O–H groups in total. The standard InChI is InChI=1S/C32H43N3O8S3/c1-23-20-35(24(2)22-36)32(37)28-19-26(33-45(38,39)27-12-6-5-7-13-27)15-16-29(28)43-25(3)11-8-9-17-42-30(23)21-34(4)46(40,41)31-14-10-18-44-31/h5-7,10,12-16,18-19,23-25,30,33,36H,8-9,11,17,20-22H2,1-4H3/t23-,24+,25+,30+/m0/s1. The molecule has 11 nitrogen and oxygen atoms in total. The molecule has 4 atom stereocenters. The van der Waals surface area contributed by atoms with E-state index < -0.39 is 38.1 Å². The monoisotopic (exact) mass is 693 g/mol. The van der Waals surface area contributed by atoms with Gasteiger partial charge in [0.15, 0.2) is 0 Å². The molecule has 0 radical (unpaired) electrons. The number of carbonyl (C=O) groups excluding carboxylic acids is 1. The number of hydrogen-bond donors (Lipinski definition) is 2. The quantitative estimate of drug-likeness (QED) is 0.330. The summed E-state index contributed by atoms with van der Waals surface area (Å²) in [6, 6.07) is 15.1. The fourth-order valence-corrected chi connectivity index (χ4v) is 8.63. The average Bonchev–Trinajstić information content (AvgIpc) is 3.59. The zero-order valence-electron chi connectivity index (χ0n) is 26.5. The SMILES string of the molecule is C[C@@H]1CCCCO[C@H](CN(C)S(=O)(=O)c2cccs2)[C@@H](C)CN([C@H](C)CO)C(=O)c2cc(NS(=O)(=O)c3ccccc3)ccc2O1. The Kier molecular flexibility index (Phi) is 12.2. The predicted octanol–water partition coefficient (Wildman–Crippen LogP) is 4.67. The second-order valence-electron chi connectivity index (χ2n) is 11.6. The van der Waals surface area contributed by atoms with Crippen molar-refractivity contribution in [2.75, 3.05) is 38.1 Å². The first-order chi connectivity index (χ1) is 21.8. The van der Waals surface area contributed by atoms with Gasteiger partial charge in [0.25, 0.3) is 26.0 Å². The largest absolute Gasteiger partial charge is 0.490 e. The van der Waals surface area contributed by atoms with Crippen LogP contribution < -0.4 is 9.46 Å². The zero-order valence-corrected chi connectivity index (χ0v) is 29.0. The minimum atomic E-state index is -3.93. The molecule has 2 heterocycles. The van der Waals surface area contributed by atoms with Crippen LogP contribution in [0.3, 0.4) is 0 Å². The first-order valence-corrected chi connectivity index (χ1v) is 19.1. The van der Waals surface area contributed by atoms with Gasteiger partial charge in [-0.25, -0.2) is 16.8 Å². The van der Waals surface area contributed by atoms with Crippen molar-refractivity contribution in [1.82, 2.24) is 9.21 Å². The minimum absolute atomic E-state index is 0.0679. The molecule has 0 bridgehead atoms. The summed E-state index contributed by atoms with van der Waals surface area (Å²) >= 11 is 1.14. The van der Waals surface area contributed by atoms with Gasteiger partial charge in [0.1, 0.15) is 9.96 Å². The number of thiophene rings is 1. The third kappa shape index (κ3) is 8.87. The van der Waals surface area contributed by atoms with Gasteiger partial charge in [-0.2, -0.15) is 4.31 Å². The van der Waals surface area contributed by atoms with E-state index in [1.165, 1.54) is 34.5 Å². The predicted molar refractivity (Wildman–Crippen MR) is 178 cm³/mol. The lowest BCUT2D eigenvalue weighted by atomic mass is 10.0. The van der Waals surface area contributed by atoms with Crippen LogP contribution in [0.2, 0.25) is 0 Å². The van der Waals surface area contributed by atoms with E-state index in [4.69, 9.17) is 9.47 Å². The number of likely N-dealkylation sites (N-methyl/N-ethyl adjacent to an activating group) is 1. The number of sulfonamides is 2. The van der Waals surface area contributed by atoms with Gasteiger partial charge in [-0.3, -0.25) is 9.52 Å². The van der Waals surface area contributed by atoms with Crippen LogP contribution in [0, 0.1) is 5.92 Å². The van der Waals surface area contributed by atoms with Crippen molar-refractivity contribution < 1.29 is 36.2 Å². The molecular formula is C32H43N3O8S3. The lowest BCUT2D eigenvalue weighted by Crippen LogP contribution is -2.48. The number of anilines is 1. The fourth-order valence-electron chi connectivity index (χ4n) is 5.18. The molecule has 1 amide bonds. The first-order valence-electron chi connectivity index (χ1n) is 15.2. The maximum Gasteiger partial charge on any atom is 0.261 e. The van der Waals surface area contributed by atoms with Gasteiger partial charge in [-0.15, -0.1) is 11.3 Å². The molecule has 1 aliphatic heterocycles. The molecule has 0 fully saturated rings. The van der Waals surface area contributed by atoms with E-state index in [2.05, 4.69) is 4.72 Å². The molecule has 3 aromatic rings. The molecule has 14 heteroatoms. The van der Waals surface area contributed by atoms with E-state index in [-0.39, 0.29) is 52.1 Å². The zero-order chi connectivity index (χ0) is 33.5. The number of fused-ring (bicyclic) bond motifs is 1. The van der Waals surface area contributed by atoms with E-state index in [0.29, 0.717) is 18.8 Å². The van der Waals surface area contributed by atoms with Crippen molar-refractivity contribution in [2.24, 2.45) is 5.92 Å². The molecule has 252 valence electrons. The Balaban J connectivity index is 1.68. The Hall–Kier alpha value is -3.01. The van der Waals surface area contributed by atoms with Crippen LogP contribution in [0.4, 0.5) is 5.69 Å². The van der Waals surface area contributed by atoms with Crippen LogP contribution in [0.15, 0.2) is 75.1 Å². The lowest BCUT2D eigenvalue weighted by Gasteiger charge is -2.35. The average molecular weight is 694 g/mol. The topological polar surface area (TPSA) is 143 Å². The molecule has 0 saturated heterocycles. The third-order valence-corrected chi connectivity index (χ3v) is 12.5.